The second kappa shape index (κ2) is 7.72. The number of hydrogen-bond donors (Lipinski definition) is 0. The number of aryl methyl sites for hydroxylation is 1. The Kier molecular flexibility index (Phi) is 4.98. The van der Waals surface area contributed by atoms with Gasteiger partial charge in [0.2, 0.25) is 0 Å². The van der Waals surface area contributed by atoms with Gasteiger partial charge < -0.3 is 9.64 Å². The van der Waals surface area contributed by atoms with Gasteiger partial charge in [-0.15, -0.1) is 0 Å². The van der Waals surface area contributed by atoms with E-state index in [2.05, 4.69) is 26.9 Å². The molecule has 8 nitrogen and oxygen atoms in total. The average Bonchev–Trinajstić information content (AvgIpc) is 3.35. The number of imidazole rings is 1. The minimum absolute atomic E-state index is 0.110. The lowest BCUT2D eigenvalue weighted by atomic mass is 9.99. The van der Waals surface area contributed by atoms with E-state index in [0.29, 0.717) is 19.2 Å². The molecule has 0 unspecified atom stereocenters. The van der Waals surface area contributed by atoms with Crippen molar-refractivity contribution < 1.29 is 9.53 Å². The molecule has 28 heavy (non-hydrogen) atoms. The van der Waals surface area contributed by atoms with Crippen LogP contribution in [0.5, 0.6) is 6.01 Å². The molecule has 1 aliphatic rings. The number of nitrogens with zero attached hydrogens (tertiary/aromatic N) is 6. The summed E-state index contributed by atoms with van der Waals surface area (Å²) in [5.74, 6) is 5.44. The quantitative estimate of drug-likeness (QED) is 0.647. The van der Waals surface area contributed by atoms with Crippen molar-refractivity contribution >= 4 is 11.6 Å². The van der Waals surface area contributed by atoms with Crippen molar-refractivity contribution in [2.45, 2.75) is 19.8 Å². The van der Waals surface area contributed by atoms with E-state index in [9.17, 15) is 4.79 Å². The summed E-state index contributed by atoms with van der Waals surface area (Å²) in [6.07, 6.45) is 9.20. The fraction of sp³-hybridized carbons (Fsp3) is 0.400. The highest BCUT2D eigenvalue weighted by Crippen LogP contribution is 2.23. The maximum atomic E-state index is 12.0. The Balaban J connectivity index is 1.52. The fourth-order valence-electron chi connectivity index (χ4n) is 3.46. The molecule has 0 bridgehead atoms. The van der Waals surface area contributed by atoms with Gasteiger partial charge in [0, 0.05) is 56.3 Å². The molecule has 4 rings (SSSR count). The van der Waals surface area contributed by atoms with E-state index >= 15 is 0 Å². The zero-order valence-electron chi connectivity index (χ0n) is 16.0. The second-order valence-corrected chi connectivity index (χ2v) is 6.93. The zero-order valence-corrected chi connectivity index (χ0v) is 16.0. The molecule has 1 saturated heterocycles. The molecule has 0 saturated carbocycles. The lowest BCUT2D eigenvalue weighted by Crippen LogP contribution is -2.41. The van der Waals surface area contributed by atoms with Gasteiger partial charge in [0.1, 0.15) is 5.65 Å². The van der Waals surface area contributed by atoms with Crippen LogP contribution in [0, 0.1) is 17.8 Å². The Bertz CT molecular complexity index is 1060. The lowest BCUT2D eigenvalue weighted by molar-refractivity contribution is -0.127. The monoisotopic (exact) mass is 378 g/mol. The number of amides is 1. The van der Waals surface area contributed by atoms with Gasteiger partial charge in [-0.3, -0.25) is 13.9 Å². The molecular formula is C20H22N6O2. The zero-order chi connectivity index (χ0) is 19.5. The van der Waals surface area contributed by atoms with Crippen LogP contribution >= 0.6 is 0 Å². The van der Waals surface area contributed by atoms with Gasteiger partial charge in [0.05, 0.1) is 18.5 Å². The molecule has 1 aliphatic heterocycles. The minimum Gasteiger partial charge on any atom is -0.464 e. The molecule has 4 heterocycles. The number of aromatic nitrogens is 5. The van der Waals surface area contributed by atoms with Crippen molar-refractivity contribution in [3.8, 4) is 29.1 Å². The highest BCUT2D eigenvalue weighted by molar-refractivity contribution is 5.93. The van der Waals surface area contributed by atoms with Crippen LogP contribution in [0.1, 0.15) is 19.8 Å². The predicted molar refractivity (Wildman–Crippen MR) is 103 cm³/mol. The first-order valence-corrected chi connectivity index (χ1v) is 9.31. The lowest BCUT2D eigenvalue weighted by Gasteiger charge is -2.31. The van der Waals surface area contributed by atoms with Gasteiger partial charge in [-0.05, 0) is 25.7 Å². The number of fused-ring (bicyclic) bond motifs is 1. The van der Waals surface area contributed by atoms with E-state index in [1.54, 1.807) is 28.9 Å². The number of carbonyl (C=O) groups is 1. The summed E-state index contributed by atoms with van der Waals surface area (Å²) in [7, 11) is 1.87. The van der Waals surface area contributed by atoms with Crippen LogP contribution in [-0.2, 0) is 11.8 Å². The summed E-state index contributed by atoms with van der Waals surface area (Å²) >= 11 is 0. The molecule has 0 aromatic carbocycles. The second-order valence-electron chi connectivity index (χ2n) is 6.93. The number of likely N-dealkylation sites (tertiary alicyclic amines) is 1. The third-order valence-electron chi connectivity index (χ3n) is 4.84. The molecule has 8 heteroatoms. The molecule has 0 N–H and O–H groups in total. The Morgan fingerprint density at radius 1 is 1.43 bits per heavy atom. The molecule has 0 radical (unpaired) electrons. The number of ether oxygens (including phenoxy) is 1. The van der Waals surface area contributed by atoms with Crippen LogP contribution in [0.3, 0.4) is 0 Å². The van der Waals surface area contributed by atoms with Crippen LogP contribution in [0.2, 0.25) is 0 Å². The van der Waals surface area contributed by atoms with E-state index in [-0.39, 0.29) is 11.8 Å². The van der Waals surface area contributed by atoms with E-state index in [0.717, 1.165) is 36.3 Å². The molecule has 3 aromatic heterocycles. The first-order valence-electron chi connectivity index (χ1n) is 9.31. The van der Waals surface area contributed by atoms with Gasteiger partial charge >= 0.3 is 6.01 Å². The largest absolute Gasteiger partial charge is 0.464 e. The predicted octanol–water partition coefficient (Wildman–Crippen LogP) is 1.77. The summed E-state index contributed by atoms with van der Waals surface area (Å²) in [5.41, 5.74) is 2.44. The van der Waals surface area contributed by atoms with Crippen molar-refractivity contribution in [3.05, 3.63) is 30.9 Å². The van der Waals surface area contributed by atoms with E-state index in [4.69, 9.17) is 4.74 Å². The summed E-state index contributed by atoms with van der Waals surface area (Å²) in [6.45, 7) is 3.58. The normalized spacial score (nSPS) is 16.6. The average molecular weight is 378 g/mol. The van der Waals surface area contributed by atoms with E-state index < -0.39 is 0 Å². The Hall–Kier alpha value is -3.34. The first-order chi connectivity index (χ1) is 13.6. The summed E-state index contributed by atoms with van der Waals surface area (Å²) in [6, 6.07) is 2.40. The van der Waals surface area contributed by atoms with Crippen LogP contribution < -0.4 is 4.74 Å². The molecule has 144 valence electrons. The Morgan fingerprint density at radius 2 is 2.32 bits per heavy atom. The molecule has 1 atom stereocenters. The Labute approximate surface area is 163 Å². The highest BCUT2D eigenvalue weighted by Gasteiger charge is 2.24. The third-order valence-corrected chi connectivity index (χ3v) is 4.84. The number of hydrogen-bond acceptors (Lipinski definition) is 5. The van der Waals surface area contributed by atoms with Gasteiger partial charge in [-0.25, -0.2) is 4.98 Å². The summed E-state index contributed by atoms with van der Waals surface area (Å²) < 4.78 is 9.65. The molecule has 1 amide bonds. The van der Waals surface area contributed by atoms with E-state index in [1.807, 2.05) is 29.9 Å². The van der Waals surface area contributed by atoms with Crippen molar-refractivity contribution in [3.63, 3.8) is 0 Å². The number of carbonyl (C=O) groups excluding carboxylic acids is 1. The van der Waals surface area contributed by atoms with Crippen LogP contribution in [0.25, 0.3) is 16.9 Å². The standard InChI is InChI=1S/C20H22N6O2/c1-3-5-19(27)25-8-4-6-15(12-25)14-28-20-23-17(16-11-22-24(2)13-16)10-18-21-7-9-26(18)20/h7,9-11,13,15H,4,6,8,12,14H2,1-2H3/t15-/m1/s1. The van der Waals surface area contributed by atoms with Gasteiger partial charge in [0.15, 0.2) is 0 Å². The maximum Gasteiger partial charge on any atom is 0.302 e. The van der Waals surface area contributed by atoms with Gasteiger partial charge in [-0.2, -0.15) is 10.1 Å². The summed E-state index contributed by atoms with van der Waals surface area (Å²) in [5, 5.41) is 4.21. The first kappa shape index (κ1) is 18.0. The van der Waals surface area contributed by atoms with Crippen molar-refractivity contribution in [1.29, 1.82) is 0 Å². The number of piperidine rings is 1. The number of rotatable bonds is 4. The minimum atomic E-state index is -0.110. The smallest absolute Gasteiger partial charge is 0.302 e. The molecule has 0 spiro atoms. The van der Waals surface area contributed by atoms with Crippen LogP contribution in [0.4, 0.5) is 0 Å². The molecule has 1 fully saturated rings. The fourth-order valence-corrected chi connectivity index (χ4v) is 3.46. The van der Waals surface area contributed by atoms with Crippen LogP contribution in [0.15, 0.2) is 30.9 Å². The topological polar surface area (TPSA) is 77.6 Å². The third kappa shape index (κ3) is 3.69. The van der Waals surface area contributed by atoms with Gasteiger partial charge in [0.25, 0.3) is 5.91 Å². The summed E-state index contributed by atoms with van der Waals surface area (Å²) in [4.78, 5) is 22.9. The van der Waals surface area contributed by atoms with Crippen LogP contribution in [-0.4, -0.2) is 54.7 Å². The Morgan fingerprint density at radius 3 is 3.11 bits per heavy atom. The SMILES string of the molecule is CC#CC(=O)N1CCC[C@@H](COc2nc(-c3cnn(C)c3)cc3nccn23)C1. The highest BCUT2D eigenvalue weighted by atomic mass is 16.5. The van der Waals surface area contributed by atoms with Crippen molar-refractivity contribution in [2.75, 3.05) is 19.7 Å². The van der Waals surface area contributed by atoms with E-state index in [1.165, 1.54) is 0 Å². The van der Waals surface area contributed by atoms with Crippen molar-refractivity contribution in [1.82, 2.24) is 29.0 Å². The molecule has 3 aromatic rings. The van der Waals surface area contributed by atoms with Gasteiger partial charge in [-0.1, -0.05) is 5.92 Å². The molecule has 0 aliphatic carbocycles. The molecular weight excluding hydrogens is 356 g/mol. The maximum absolute atomic E-state index is 12.0. The van der Waals surface area contributed by atoms with Crippen molar-refractivity contribution in [2.24, 2.45) is 13.0 Å².